The molecule has 1 unspecified atom stereocenters. The fraction of sp³-hybridized carbons (Fsp3) is 0.244. The summed E-state index contributed by atoms with van der Waals surface area (Å²) in [6.07, 6.45) is -1.77. The molecule has 0 fully saturated rings. The third-order valence-corrected chi connectivity index (χ3v) is 10.3. The molecular weight excluding hydrogens is 681 g/mol. The lowest BCUT2D eigenvalue weighted by Gasteiger charge is -2.24. The van der Waals surface area contributed by atoms with Gasteiger partial charge in [0.25, 0.3) is 10.0 Å². The van der Waals surface area contributed by atoms with Gasteiger partial charge in [-0.2, -0.15) is 0 Å². The molecule has 4 N–H and O–H groups in total. The van der Waals surface area contributed by atoms with Crippen molar-refractivity contribution in [2.45, 2.75) is 56.9 Å². The number of nitrogens with one attached hydrogen (secondary N) is 2. The highest BCUT2D eigenvalue weighted by molar-refractivity contribution is 7.92. The van der Waals surface area contributed by atoms with E-state index < -0.39 is 34.2 Å². The van der Waals surface area contributed by atoms with Crippen molar-refractivity contribution in [2.75, 3.05) is 17.9 Å². The number of benzene rings is 5. The molecule has 0 spiro atoms. The van der Waals surface area contributed by atoms with Crippen LogP contribution in [0.2, 0.25) is 0 Å². The van der Waals surface area contributed by atoms with E-state index in [1.54, 1.807) is 48.5 Å². The zero-order valence-corrected chi connectivity index (χ0v) is 30.0. The maximum Gasteiger partial charge on any atom is 0.345 e. The summed E-state index contributed by atoms with van der Waals surface area (Å²) < 4.78 is 46.8. The Morgan fingerprint density at radius 3 is 2.35 bits per heavy atom. The highest BCUT2D eigenvalue weighted by Crippen LogP contribution is 2.34. The molecule has 0 radical (unpaired) electrons. The molecule has 6 rings (SSSR count). The first kappa shape index (κ1) is 36.4. The van der Waals surface area contributed by atoms with Gasteiger partial charge in [-0.15, -0.1) is 0 Å². The Balaban J connectivity index is 1.05. The number of hydrogen-bond acceptors (Lipinski definition) is 8. The number of aliphatic hydroxyl groups excluding tert-OH is 1. The standard InChI is InChI=1S/C41H42N2O8S/c1-26-20-32(31-12-14-33(15-13-31)51-38(41(45)46)23-29-8-5-4-6-9-29)21-27(2)40(26)49-19-18-42-28(3)39(44)36-17-16-34-24-37(36)43-52(47,48)35-11-7-10-30(22-35)25-50-34/h4-17,20-22,24,28,38-39,42-44H,18-19,23,25H2,1-3H3,(H,45,46)/t28-,38?,39-/m0/s1. The first-order valence-corrected chi connectivity index (χ1v) is 18.5. The average molecular weight is 723 g/mol. The van der Waals surface area contributed by atoms with Crippen molar-refractivity contribution in [3.8, 4) is 28.4 Å². The Morgan fingerprint density at radius 1 is 0.904 bits per heavy atom. The lowest BCUT2D eigenvalue weighted by Crippen LogP contribution is -2.35. The number of anilines is 1. The first-order chi connectivity index (χ1) is 25.0. The van der Waals surface area contributed by atoms with E-state index in [2.05, 4.69) is 10.0 Å². The summed E-state index contributed by atoms with van der Waals surface area (Å²) in [6, 6.07) is 32.0. The van der Waals surface area contributed by atoms with E-state index in [0.29, 0.717) is 30.2 Å². The summed E-state index contributed by atoms with van der Waals surface area (Å²) in [5, 5.41) is 24.3. The maximum absolute atomic E-state index is 13.2. The number of carboxylic acids is 1. The van der Waals surface area contributed by atoms with Crippen LogP contribution in [0.25, 0.3) is 11.1 Å². The zero-order chi connectivity index (χ0) is 36.8. The molecule has 0 saturated heterocycles. The van der Waals surface area contributed by atoms with Gasteiger partial charge in [-0.05, 0) is 96.6 Å². The molecule has 0 saturated carbocycles. The monoisotopic (exact) mass is 722 g/mol. The van der Waals surface area contributed by atoms with Gasteiger partial charge in [-0.1, -0.05) is 60.7 Å². The molecular formula is C41H42N2O8S. The highest BCUT2D eigenvalue weighted by atomic mass is 32.2. The molecule has 270 valence electrons. The van der Waals surface area contributed by atoms with Gasteiger partial charge in [0.15, 0.2) is 6.10 Å². The minimum atomic E-state index is -3.88. The molecule has 4 bridgehead atoms. The van der Waals surface area contributed by atoms with Crippen LogP contribution < -0.4 is 24.2 Å². The number of carboxylic acid groups (broad SMARTS) is 1. The van der Waals surface area contributed by atoms with E-state index in [1.807, 2.05) is 75.4 Å². The Bertz CT molecular complexity index is 2120. The Hall–Kier alpha value is -5.36. The van der Waals surface area contributed by atoms with Crippen LogP contribution in [0.4, 0.5) is 5.69 Å². The molecule has 5 aromatic rings. The average Bonchev–Trinajstić information content (AvgIpc) is 3.13. The highest BCUT2D eigenvalue weighted by Gasteiger charge is 2.25. The molecule has 1 aliphatic heterocycles. The van der Waals surface area contributed by atoms with Gasteiger partial charge in [0.2, 0.25) is 0 Å². The predicted molar refractivity (Wildman–Crippen MR) is 199 cm³/mol. The lowest BCUT2D eigenvalue weighted by atomic mass is 9.99. The predicted octanol–water partition coefficient (Wildman–Crippen LogP) is 6.83. The van der Waals surface area contributed by atoms with Crippen molar-refractivity contribution in [1.29, 1.82) is 0 Å². The molecule has 0 aliphatic carbocycles. The van der Waals surface area contributed by atoms with E-state index in [1.165, 1.54) is 6.07 Å². The van der Waals surface area contributed by atoms with Crippen molar-refractivity contribution in [2.24, 2.45) is 0 Å². The summed E-state index contributed by atoms with van der Waals surface area (Å²) in [5.41, 5.74) is 6.15. The Kier molecular flexibility index (Phi) is 11.1. The molecule has 1 heterocycles. The molecule has 1 aliphatic rings. The molecule has 3 atom stereocenters. The van der Waals surface area contributed by atoms with E-state index >= 15 is 0 Å². The minimum Gasteiger partial charge on any atom is -0.492 e. The van der Waals surface area contributed by atoms with E-state index in [0.717, 1.165) is 39.1 Å². The number of sulfonamides is 1. The quantitative estimate of drug-likeness (QED) is 0.0962. The van der Waals surface area contributed by atoms with E-state index in [9.17, 15) is 23.4 Å². The maximum atomic E-state index is 13.2. The van der Waals surface area contributed by atoms with Crippen molar-refractivity contribution < 1.29 is 37.6 Å². The first-order valence-electron chi connectivity index (χ1n) is 17.0. The van der Waals surface area contributed by atoms with Gasteiger partial charge < -0.3 is 29.7 Å². The van der Waals surface area contributed by atoms with Gasteiger partial charge in [0.05, 0.1) is 16.7 Å². The molecule has 0 aromatic heterocycles. The Labute approximate surface area is 304 Å². The van der Waals surface area contributed by atoms with Crippen molar-refractivity contribution in [1.82, 2.24) is 5.32 Å². The summed E-state index contributed by atoms with van der Waals surface area (Å²) in [5.74, 6) is 0.710. The third-order valence-electron chi connectivity index (χ3n) is 8.96. The fourth-order valence-electron chi connectivity index (χ4n) is 6.21. The van der Waals surface area contributed by atoms with Crippen LogP contribution in [-0.4, -0.2) is 49.9 Å². The van der Waals surface area contributed by atoms with Crippen LogP contribution in [-0.2, 0) is 27.8 Å². The molecule has 11 heteroatoms. The second-order valence-corrected chi connectivity index (χ2v) is 14.6. The Morgan fingerprint density at radius 2 is 1.63 bits per heavy atom. The van der Waals surface area contributed by atoms with Gasteiger partial charge in [0, 0.05) is 30.6 Å². The molecule has 10 nitrogen and oxygen atoms in total. The smallest absolute Gasteiger partial charge is 0.345 e. The fourth-order valence-corrected chi connectivity index (χ4v) is 7.36. The van der Waals surface area contributed by atoms with Crippen LogP contribution in [0.5, 0.6) is 17.2 Å². The minimum absolute atomic E-state index is 0.122. The van der Waals surface area contributed by atoms with Crippen LogP contribution in [0.15, 0.2) is 114 Å². The van der Waals surface area contributed by atoms with Crippen LogP contribution in [0.3, 0.4) is 0 Å². The number of aryl methyl sites for hydroxylation is 2. The largest absolute Gasteiger partial charge is 0.492 e. The number of fused-ring (bicyclic) bond motifs is 4. The van der Waals surface area contributed by atoms with Crippen molar-refractivity contribution >= 4 is 21.7 Å². The number of rotatable bonds is 13. The SMILES string of the molecule is Cc1cc(-c2ccc(OC(Cc3ccccc3)C(=O)O)cc2)cc(C)c1OCCN[C@@H](C)[C@H](O)c1ccc2cc1NS(=O)(=O)c1cccc(c1)CO2. The van der Waals surface area contributed by atoms with Crippen molar-refractivity contribution in [3.63, 3.8) is 0 Å². The summed E-state index contributed by atoms with van der Waals surface area (Å²) >= 11 is 0. The van der Waals surface area contributed by atoms with Crippen LogP contribution in [0, 0.1) is 13.8 Å². The molecule has 0 amide bonds. The van der Waals surface area contributed by atoms with Crippen molar-refractivity contribution in [3.05, 3.63) is 137 Å². The second-order valence-electron chi connectivity index (χ2n) is 12.9. The van der Waals surface area contributed by atoms with E-state index in [4.69, 9.17) is 14.2 Å². The van der Waals surface area contributed by atoms with Gasteiger partial charge in [-0.25, -0.2) is 13.2 Å². The van der Waals surface area contributed by atoms with Gasteiger partial charge in [-0.3, -0.25) is 4.72 Å². The summed E-state index contributed by atoms with van der Waals surface area (Å²) in [6.45, 7) is 6.77. The summed E-state index contributed by atoms with van der Waals surface area (Å²) in [7, 11) is -3.88. The number of aliphatic hydroxyl groups is 1. The number of carbonyl (C=O) groups is 1. The molecule has 5 aromatic carbocycles. The van der Waals surface area contributed by atoms with E-state index in [-0.39, 0.29) is 23.6 Å². The summed E-state index contributed by atoms with van der Waals surface area (Å²) in [4.78, 5) is 12.0. The normalized spacial score (nSPS) is 14.9. The molecule has 52 heavy (non-hydrogen) atoms. The third kappa shape index (κ3) is 8.74. The number of hydrogen-bond donors (Lipinski definition) is 4. The second kappa shape index (κ2) is 15.9. The zero-order valence-electron chi connectivity index (χ0n) is 29.2. The van der Waals surface area contributed by atoms with Gasteiger partial charge in [0.1, 0.15) is 30.5 Å². The topological polar surface area (TPSA) is 143 Å². The van der Waals surface area contributed by atoms with Gasteiger partial charge >= 0.3 is 5.97 Å². The number of ether oxygens (including phenoxy) is 3. The lowest BCUT2D eigenvalue weighted by molar-refractivity contribution is -0.145. The number of aliphatic carboxylic acids is 1. The van der Waals surface area contributed by atoms with Crippen LogP contribution in [0.1, 0.15) is 40.8 Å². The van der Waals surface area contributed by atoms with Crippen LogP contribution >= 0.6 is 0 Å².